The van der Waals surface area contributed by atoms with Crippen LogP contribution in [0, 0.1) is 37.9 Å². The van der Waals surface area contributed by atoms with Crippen molar-refractivity contribution in [2.45, 2.75) is 0 Å². The van der Waals surface area contributed by atoms with Gasteiger partial charge in [0, 0.05) is 0 Å². The Morgan fingerprint density at radius 1 is 1.00 bits per heavy atom. The number of rotatable bonds is 0. The van der Waals surface area contributed by atoms with E-state index in [1.54, 1.807) is 0 Å². The first-order valence-electron chi connectivity index (χ1n) is 0.567. The average Bonchev–Trinajstić information content (AvgIpc) is 0.811. The summed E-state index contributed by atoms with van der Waals surface area (Å²) >= 11 is -5.16. The Balaban J connectivity index is 0. The second kappa shape index (κ2) is 6.17. The van der Waals surface area contributed by atoms with Crippen molar-refractivity contribution in [2.75, 3.05) is 0 Å². The van der Waals surface area contributed by atoms with Gasteiger partial charge in [0.05, 0.1) is 0 Å². The van der Waals surface area contributed by atoms with Gasteiger partial charge in [-0.25, -0.2) is 0 Å². The van der Waals surface area contributed by atoms with Crippen LogP contribution in [0.1, 0.15) is 0 Å². The van der Waals surface area contributed by atoms with Crippen LogP contribution in [0.25, 0.3) is 0 Å². The molecule has 0 saturated heterocycles. The van der Waals surface area contributed by atoms with Crippen molar-refractivity contribution >= 4 is 29.6 Å². The van der Waals surface area contributed by atoms with E-state index in [1.807, 2.05) is 0 Å². The quantitative estimate of drug-likeness (QED) is 0.526. The van der Waals surface area contributed by atoms with Gasteiger partial charge in [-0.15, -0.1) is 0 Å². The molecule has 0 aliphatic heterocycles. The molecule has 0 rings (SSSR count). The van der Waals surface area contributed by atoms with Crippen LogP contribution < -0.4 is 0 Å². The van der Waals surface area contributed by atoms with Gasteiger partial charge in [0.15, 0.2) is 0 Å². The zero-order valence-corrected chi connectivity index (χ0v) is 4.77. The summed E-state index contributed by atoms with van der Waals surface area (Å²) in [6, 6.07) is 0. The Bertz CT molecular complexity index is 11.6. The van der Waals surface area contributed by atoms with Gasteiger partial charge in [0.1, 0.15) is 0 Å². The predicted molar refractivity (Wildman–Crippen MR) is 10.5 cm³/mol. The van der Waals surface area contributed by atoms with Crippen molar-refractivity contribution in [2.24, 2.45) is 0 Å². The van der Waals surface area contributed by atoms with Gasteiger partial charge >= 0.3 is 70.2 Å². The Labute approximate surface area is 68.7 Å². The molecule has 0 aromatic carbocycles. The molecule has 0 aromatic heterocycles. The molecular weight excluding hydrogens is 220 g/mol. The molecule has 0 heterocycles. The van der Waals surface area contributed by atoms with Gasteiger partial charge in [-0.3, -0.25) is 0 Å². The van der Waals surface area contributed by atoms with E-state index in [9.17, 15) is 2.73 Å². The van der Waals surface area contributed by atoms with Crippen molar-refractivity contribution in [3.63, 3.8) is 0 Å². The molecule has 0 aliphatic rings. The Morgan fingerprint density at radius 3 is 1.00 bits per heavy atom. The Morgan fingerprint density at radius 2 is 1.00 bits per heavy atom. The van der Waals surface area contributed by atoms with Gasteiger partial charge in [-0.1, -0.05) is 0 Å². The molecule has 0 radical (unpaired) electrons. The summed E-state index contributed by atoms with van der Waals surface area (Å²) in [6.07, 6.45) is 0. The average molecular weight is 221 g/mol. The Hall–Kier alpha value is 2.17. The molecule has 0 fully saturated rings. The van der Waals surface area contributed by atoms with E-state index in [-0.39, 0.29) is 29.6 Å². The molecule has 0 amide bonds. The number of hydrogen-bond acceptors (Lipinski definition) is 0. The number of hydrogen-bond donors (Lipinski definition) is 0. The van der Waals surface area contributed by atoms with E-state index in [1.165, 1.54) is 0 Å². The van der Waals surface area contributed by atoms with Crippen LogP contribution in [0.5, 0.6) is 0 Å². The summed E-state index contributed by atoms with van der Waals surface area (Å²) in [5, 5.41) is 0. The molecule has 0 aliphatic carbocycles. The third kappa shape index (κ3) is 22.8. The first-order valence-corrected chi connectivity index (χ1v) is 4.13. The zero-order chi connectivity index (χ0) is 3.58. The maximum absolute atomic E-state index is 9.88. The van der Waals surface area contributed by atoms with E-state index >= 15 is 0 Å². The normalized spacial score (nSPS) is 5.40. The summed E-state index contributed by atoms with van der Waals surface area (Å²) in [7, 11) is 0. The first kappa shape index (κ1) is 10.2. The van der Waals surface area contributed by atoms with Crippen LogP contribution in [0.4, 0.5) is 2.73 Å². The van der Waals surface area contributed by atoms with Gasteiger partial charge in [0.25, 0.3) is 0 Å². The monoisotopic (exact) mass is 221 g/mol. The molecule has 0 unspecified atom stereocenters. The molecule has 0 N–H and O–H groups in total. The van der Waals surface area contributed by atoms with Crippen LogP contribution >= 0.6 is 0 Å². The molecule has 0 atom stereocenters. The first-order chi connectivity index (χ1) is 1.73. The van der Waals surface area contributed by atoms with Gasteiger partial charge in [-0.2, -0.15) is 0 Å². The SMILES string of the molecule is [F][Ce]([F])[F].[NaH]. The zero-order valence-electron chi connectivity index (χ0n) is 1.63. The molecule has 5 heavy (non-hydrogen) atoms. The number of halogens is 3. The fourth-order valence-corrected chi connectivity index (χ4v) is 0. The summed E-state index contributed by atoms with van der Waals surface area (Å²) in [6.45, 7) is 0. The molecule has 27 valence electrons. The fourth-order valence-electron chi connectivity index (χ4n) is 0. The molecule has 0 nitrogen and oxygen atoms in total. The van der Waals surface area contributed by atoms with E-state index < -0.39 is 37.9 Å². The second-order valence-corrected chi connectivity index (χ2v) is 1.56. The van der Waals surface area contributed by atoms with Crippen LogP contribution in [0.3, 0.4) is 0 Å². The fraction of sp³-hybridized carbons (Fsp3) is 0. The van der Waals surface area contributed by atoms with Crippen molar-refractivity contribution < 1.29 is 40.7 Å². The standard InChI is InChI=1S/Ce.3FH.Na.H/h;3*1H;;/q+3;;;;;/p-3. The van der Waals surface area contributed by atoms with Crippen LogP contribution in [0.2, 0.25) is 0 Å². The van der Waals surface area contributed by atoms with Crippen LogP contribution in [0.15, 0.2) is 0 Å². The van der Waals surface area contributed by atoms with E-state index in [2.05, 4.69) is 0 Å². The summed E-state index contributed by atoms with van der Waals surface area (Å²) in [4.78, 5) is 0. The van der Waals surface area contributed by atoms with Crippen molar-refractivity contribution in [3.05, 3.63) is 0 Å². The Kier molecular flexibility index (Phi) is 12.6. The van der Waals surface area contributed by atoms with E-state index in [4.69, 9.17) is 0 Å². The summed E-state index contributed by atoms with van der Waals surface area (Å²) < 4.78 is 29.6. The minimum absolute atomic E-state index is 0. The maximum atomic E-state index is 9.88. The van der Waals surface area contributed by atoms with Crippen molar-refractivity contribution in [1.82, 2.24) is 0 Å². The molecular formula is HCeF3Na. The summed E-state index contributed by atoms with van der Waals surface area (Å²) in [5.41, 5.74) is 0. The van der Waals surface area contributed by atoms with Crippen molar-refractivity contribution in [1.29, 1.82) is 0 Å². The third-order valence-electron chi connectivity index (χ3n) is 0. The summed E-state index contributed by atoms with van der Waals surface area (Å²) in [5.74, 6) is 0. The predicted octanol–water partition coefficient (Wildman–Crippen LogP) is 0.612. The van der Waals surface area contributed by atoms with Crippen LogP contribution in [-0.2, 0) is 0 Å². The van der Waals surface area contributed by atoms with Gasteiger partial charge < -0.3 is 0 Å². The molecule has 5 heteroatoms. The van der Waals surface area contributed by atoms with Gasteiger partial charge in [-0.05, 0) is 0 Å². The minimum atomic E-state index is -5.16. The topological polar surface area (TPSA) is 0 Å². The second-order valence-electron chi connectivity index (χ2n) is 0.214. The third-order valence-corrected chi connectivity index (χ3v) is 0. The van der Waals surface area contributed by atoms with E-state index in [0.717, 1.165) is 0 Å². The molecule has 0 aromatic rings. The van der Waals surface area contributed by atoms with E-state index in [0.29, 0.717) is 0 Å². The molecule has 0 saturated carbocycles. The van der Waals surface area contributed by atoms with Gasteiger partial charge in [0.2, 0.25) is 0 Å². The molecule has 0 spiro atoms. The van der Waals surface area contributed by atoms with Crippen molar-refractivity contribution in [3.8, 4) is 0 Å². The van der Waals surface area contributed by atoms with Crippen LogP contribution in [-0.4, -0.2) is 29.6 Å². The molecule has 0 bridgehead atoms.